The number of hydrogen-bond donors (Lipinski definition) is 0. The molecule has 6 heteroatoms. The number of imidazole rings is 1. The maximum Gasteiger partial charge on any atom is 0.163 e. The van der Waals surface area contributed by atoms with Gasteiger partial charge in [-0.05, 0) is 6.42 Å². The molecule has 21 heavy (non-hydrogen) atoms. The summed E-state index contributed by atoms with van der Waals surface area (Å²) in [4.78, 5) is 4.72. The van der Waals surface area contributed by atoms with Gasteiger partial charge in [-0.25, -0.2) is 4.98 Å². The minimum absolute atomic E-state index is 0.311. The van der Waals surface area contributed by atoms with Crippen molar-refractivity contribution < 1.29 is 14.2 Å². The van der Waals surface area contributed by atoms with E-state index in [0.29, 0.717) is 23.4 Å². The molecule has 2 heterocycles. The quantitative estimate of drug-likeness (QED) is 0.797. The van der Waals surface area contributed by atoms with E-state index in [4.69, 9.17) is 30.8 Å². The third-order valence-corrected chi connectivity index (χ3v) is 4.05. The van der Waals surface area contributed by atoms with E-state index >= 15 is 0 Å². The van der Waals surface area contributed by atoms with Crippen LogP contribution in [0.15, 0.2) is 12.1 Å². The first kappa shape index (κ1) is 14.5. The maximum absolute atomic E-state index is 5.93. The van der Waals surface area contributed by atoms with Crippen molar-refractivity contribution in [1.82, 2.24) is 9.55 Å². The van der Waals surface area contributed by atoms with Crippen LogP contribution < -0.4 is 9.47 Å². The molecule has 0 amide bonds. The summed E-state index contributed by atoms with van der Waals surface area (Å²) >= 11 is 5.93. The van der Waals surface area contributed by atoms with Crippen LogP contribution in [-0.4, -0.2) is 42.9 Å². The molecule has 1 saturated heterocycles. The van der Waals surface area contributed by atoms with E-state index in [0.717, 1.165) is 42.9 Å². The molecule has 1 aromatic heterocycles. The molecule has 1 atom stereocenters. The normalized spacial score (nSPS) is 18.3. The van der Waals surface area contributed by atoms with Crippen LogP contribution in [0.2, 0.25) is 0 Å². The van der Waals surface area contributed by atoms with Crippen molar-refractivity contribution in [3.05, 3.63) is 18.0 Å². The van der Waals surface area contributed by atoms with Crippen LogP contribution in [0.1, 0.15) is 18.3 Å². The second kappa shape index (κ2) is 6.12. The number of fused-ring (bicyclic) bond motifs is 1. The molecule has 3 rings (SSSR count). The van der Waals surface area contributed by atoms with Crippen molar-refractivity contribution in [3.63, 3.8) is 0 Å². The van der Waals surface area contributed by atoms with Gasteiger partial charge in [0.05, 0.1) is 37.9 Å². The van der Waals surface area contributed by atoms with Crippen LogP contribution in [0.25, 0.3) is 11.0 Å². The van der Waals surface area contributed by atoms with Crippen molar-refractivity contribution in [2.45, 2.75) is 18.9 Å². The highest BCUT2D eigenvalue weighted by atomic mass is 35.5. The molecule has 0 spiro atoms. The number of hydrogen-bond acceptors (Lipinski definition) is 4. The molecular formula is C15H19ClN2O3. The van der Waals surface area contributed by atoms with Gasteiger partial charge in [-0.1, -0.05) is 0 Å². The number of aromatic nitrogens is 2. The van der Waals surface area contributed by atoms with E-state index in [2.05, 4.69) is 4.57 Å². The second-order valence-electron chi connectivity index (χ2n) is 5.05. The highest BCUT2D eigenvalue weighted by molar-refractivity contribution is 6.17. The van der Waals surface area contributed by atoms with Gasteiger partial charge in [-0.2, -0.15) is 0 Å². The molecule has 0 bridgehead atoms. The number of rotatable bonds is 5. The predicted octanol–water partition coefficient (Wildman–Crippen LogP) is 2.80. The maximum atomic E-state index is 5.93. The van der Waals surface area contributed by atoms with Gasteiger partial charge in [0, 0.05) is 31.0 Å². The average molecular weight is 311 g/mol. The zero-order valence-electron chi connectivity index (χ0n) is 12.3. The molecule has 0 N–H and O–H groups in total. The molecule has 1 unspecified atom stereocenters. The summed E-state index contributed by atoms with van der Waals surface area (Å²) in [6.45, 7) is 1.51. The molecule has 5 nitrogen and oxygen atoms in total. The van der Waals surface area contributed by atoms with Crippen LogP contribution in [0.3, 0.4) is 0 Å². The van der Waals surface area contributed by atoms with Crippen LogP contribution in [-0.2, 0) is 11.2 Å². The van der Waals surface area contributed by atoms with Gasteiger partial charge in [-0.3, -0.25) is 0 Å². The van der Waals surface area contributed by atoms with Gasteiger partial charge in [-0.15, -0.1) is 11.6 Å². The lowest BCUT2D eigenvalue weighted by Gasteiger charge is -2.15. The van der Waals surface area contributed by atoms with E-state index in [-0.39, 0.29) is 0 Å². The molecule has 0 radical (unpaired) electrons. The fourth-order valence-electron chi connectivity index (χ4n) is 2.87. The molecule has 114 valence electrons. The third-order valence-electron chi connectivity index (χ3n) is 3.86. The zero-order valence-corrected chi connectivity index (χ0v) is 13.0. The monoisotopic (exact) mass is 310 g/mol. The SMILES string of the molecule is COc1cc2nc(CCCl)n(C3CCOC3)c2cc1OC. The molecule has 0 aliphatic carbocycles. The number of nitrogens with zero attached hydrogens (tertiary/aromatic N) is 2. The first-order chi connectivity index (χ1) is 10.3. The fraction of sp³-hybridized carbons (Fsp3) is 0.533. The Morgan fingerprint density at radius 3 is 2.71 bits per heavy atom. The van der Waals surface area contributed by atoms with Crippen molar-refractivity contribution >= 4 is 22.6 Å². The molecule has 0 saturated carbocycles. The van der Waals surface area contributed by atoms with E-state index in [1.54, 1.807) is 14.2 Å². The van der Waals surface area contributed by atoms with Gasteiger partial charge >= 0.3 is 0 Å². The second-order valence-corrected chi connectivity index (χ2v) is 5.43. The molecule has 1 fully saturated rings. The standard InChI is InChI=1S/C15H19ClN2O3/c1-19-13-7-11-12(8-14(13)20-2)18(10-4-6-21-9-10)15(17-11)3-5-16/h7-8,10H,3-6,9H2,1-2H3. The lowest BCUT2D eigenvalue weighted by molar-refractivity contribution is 0.186. The average Bonchev–Trinajstić information content (AvgIpc) is 3.12. The molecular weight excluding hydrogens is 292 g/mol. The Kier molecular flexibility index (Phi) is 4.22. The summed E-state index contributed by atoms with van der Waals surface area (Å²) in [5.41, 5.74) is 1.95. The lowest BCUT2D eigenvalue weighted by atomic mass is 10.2. The Morgan fingerprint density at radius 1 is 1.33 bits per heavy atom. The topological polar surface area (TPSA) is 45.5 Å². The highest BCUT2D eigenvalue weighted by Gasteiger charge is 2.24. The number of methoxy groups -OCH3 is 2. The van der Waals surface area contributed by atoms with E-state index in [9.17, 15) is 0 Å². The number of ether oxygens (including phenoxy) is 3. The van der Waals surface area contributed by atoms with Crippen LogP contribution >= 0.6 is 11.6 Å². The third kappa shape index (κ3) is 2.56. The molecule has 1 aromatic carbocycles. The number of alkyl halides is 1. The summed E-state index contributed by atoms with van der Waals surface area (Å²) in [5, 5.41) is 0. The van der Waals surface area contributed by atoms with E-state index in [1.807, 2.05) is 12.1 Å². The van der Waals surface area contributed by atoms with Crippen molar-refractivity contribution in [2.75, 3.05) is 33.3 Å². The van der Waals surface area contributed by atoms with E-state index in [1.165, 1.54) is 0 Å². The lowest BCUT2D eigenvalue weighted by Crippen LogP contribution is -2.12. The van der Waals surface area contributed by atoms with Crippen LogP contribution in [0.4, 0.5) is 0 Å². The Bertz CT molecular complexity index is 635. The first-order valence-electron chi connectivity index (χ1n) is 7.05. The molecule has 2 aromatic rings. The summed E-state index contributed by atoms with van der Waals surface area (Å²) < 4.78 is 18.5. The predicted molar refractivity (Wildman–Crippen MR) is 81.7 cm³/mol. The minimum atomic E-state index is 0.311. The fourth-order valence-corrected chi connectivity index (χ4v) is 3.04. The van der Waals surface area contributed by atoms with Gasteiger partial charge in [0.25, 0.3) is 0 Å². The summed E-state index contributed by atoms with van der Waals surface area (Å²) in [7, 11) is 3.27. The number of aryl methyl sites for hydroxylation is 1. The van der Waals surface area contributed by atoms with Crippen molar-refractivity contribution in [3.8, 4) is 11.5 Å². The summed E-state index contributed by atoms with van der Waals surface area (Å²) in [5.74, 6) is 2.94. The Balaban J connectivity index is 2.18. The summed E-state index contributed by atoms with van der Waals surface area (Å²) in [6, 6.07) is 4.21. The zero-order chi connectivity index (χ0) is 14.8. The largest absolute Gasteiger partial charge is 0.493 e. The summed E-state index contributed by atoms with van der Waals surface area (Å²) in [6.07, 6.45) is 1.73. The highest BCUT2D eigenvalue weighted by Crippen LogP contribution is 2.35. The Morgan fingerprint density at radius 2 is 2.10 bits per heavy atom. The minimum Gasteiger partial charge on any atom is -0.493 e. The Labute approximate surface area is 128 Å². The van der Waals surface area contributed by atoms with Gasteiger partial charge in [0.15, 0.2) is 11.5 Å². The number of benzene rings is 1. The smallest absolute Gasteiger partial charge is 0.163 e. The number of halogens is 1. The molecule has 1 aliphatic rings. The Hall–Kier alpha value is -1.46. The van der Waals surface area contributed by atoms with Crippen LogP contribution in [0, 0.1) is 0 Å². The van der Waals surface area contributed by atoms with Gasteiger partial charge < -0.3 is 18.8 Å². The first-order valence-corrected chi connectivity index (χ1v) is 7.58. The van der Waals surface area contributed by atoms with Crippen LogP contribution in [0.5, 0.6) is 11.5 Å². The van der Waals surface area contributed by atoms with E-state index < -0.39 is 0 Å². The van der Waals surface area contributed by atoms with Gasteiger partial charge in [0.2, 0.25) is 0 Å². The van der Waals surface area contributed by atoms with Crippen molar-refractivity contribution in [1.29, 1.82) is 0 Å². The van der Waals surface area contributed by atoms with Gasteiger partial charge in [0.1, 0.15) is 5.82 Å². The van der Waals surface area contributed by atoms with Crippen molar-refractivity contribution in [2.24, 2.45) is 0 Å². The molecule has 1 aliphatic heterocycles.